The van der Waals surface area contributed by atoms with E-state index in [1.54, 1.807) is 11.2 Å². The van der Waals surface area contributed by atoms with E-state index >= 15 is 0 Å². The SMILES string of the molecule is O=C(C1=Cc2ccccc2OC1)N(Cc1ccccc1)Cc1ccco1. The summed E-state index contributed by atoms with van der Waals surface area (Å²) in [6, 6.07) is 21.4. The van der Waals surface area contributed by atoms with Crippen LogP contribution in [0.2, 0.25) is 0 Å². The average molecular weight is 345 g/mol. The molecule has 0 saturated carbocycles. The number of hydrogen-bond donors (Lipinski definition) is 0. The number of rotatable bonds is 5. The number of furan rings is 1. The molecule has 0 fully saturated rings. The van der Waals surface area contributed by atoms with Crippen molar-refractivity contribution in [3.05, 3.63) is 95.5 Å². The first kappa shape index (κ1) is 16.2. The third kappa shape index (κ3) is 3.54. The Morgan fingerprint density at radius 2 is 1.73 bits per heavy atom. The fourth-order valence-corrected chi connectivity index (χ4v) is 3.04. The quantitative estimate of drug-likeness (QED) is 0.693. The lowest BCUT2D eigenvalue weighted by molar-refractivity contribution is -0.128. The van der Waals surface area contributed by atoms with Crippen LogP contribution in [0.1, 0.15) is 16.9 Å². The second-order valence-electron chi connectivity index (χ2n) is 6.22. The molecule has 26 heavy (non-hydrogen) atoms. The van der Waals surface area contributed by atoms with Gasteiger partial charge < -0.3 is 14.1 Å². The number of hydrogen-bond acceptors (Lipinski definition) is 3. The average Bonchev–Trinajstić information content (AvgIpc) is 3.20. The van der Waals surface area contributed by atoms with Gasteiger partial charge in [-0.3, -0.25) is 4.79 Å². The Morgan fingerprint density at radius 1 is 0.923 bits per heavy atom. The van der Waals surface area contributed by atoms with Gasteiger partial charge in [-0.25, -0.2) is 0 Å². The van der Waals surface area contributed by atoms with Crippen molar-refractivity contribution in [2.24, 2.45) is 0 Å². The van der Waals surface area contributed by atoms with E-state index in [9.17, 15) is 4.79 Å². The number of nitrogens with zero attached hydrogens (tertiary/aromatic N) is 1. The maximum Gasteiger partial charge on any atom is 0.253 e. The molecule has 0 atom stereocenters. The lowest BCUT2D eigenvalue weighted by Gasteiger charge is -2.25. The van der Waals surface area contributed by atoms with Crippen molar-refractivity contribution in [3.8, 4) is 5.75 Å². The first-order valence-corrected chi connectivity index (χ1v) is 8.57. The summed E-state index contributed by atoms with van der Waals surface area (Å²) < 4.78 is 11.2. The Labute approximate surface area is 152 Å². The normalized spacial score (nSPS) is 12.7. The fourth-order valence-electron chi connectivity index (χ4n) is 3.04. The molecule has 4 rings (SSSR count). The minimum atomic E-state index is -0.0419. The molecule has 3 aromatic rings. The summed E-state index contributed by atoms with van der Waals surface area (Å²) in [6.07, 6.45) is 3.54. The van der Waals surface area contributed by atoms with Crippen LogP contribution in [0.25, 0.3) is 6.08 Å². The van der Waals surface area contributed by atoms with Crippen molar-refractivity contribution in [2.45, 2.75) is 13.1 Å². The van der Waals surface area contributed by atoms with E-state index in [0.29, 0.717) is 18.7 Å². The highest BCUT2D eigenvalue weighted by Gasteiger charge is 2.23. The molecule has 1 amide bonds. The first-order valence-electron chi connectivity index (χ1n) is 8.57. The molecule has 1 aromatic heterocycles. The van der Waals surface area contributed by atoms with E-state index in [0.717, 1.165) is 22.6 Å². The largest absolute Gasteiger partial charge is 0.488 e. The Morgan fingerprint density at radius 3 is 2.54 bits per heavy atom. The van der Waals surface area contributed by atoms with E-state index in [2.05, 4.69) is 0 Å². The molecule has 0 bridgehead atoms. The summed E-state index contributed by atoms with van der Waals surface area (Å²) in [7, 11) is 0. The van der Waals surface area contributed by atoms with Gasteiger partial charge in [-0.05, 0) is 29.8 Å². The number of benzene rings is 2. The van der Waals surface area contributed by atoms with E-state index in [1.165, 1.54) is 0 Å². The van der Waals surface area contributed by atoms with Crippen molar-refractivity contribution in [2.75, 3.05) is 6.61 Å². The summed E-state index contributed by atoms with van der Waals surface area (Å²) >= 11 is 0. The monoisotopic (exact) mass is 345 g/mol. The Balaban J connectivity index is 1.60. The highest BCUT2D eigenvalue weighted by Crippen LogP contribution is 2.27. The Bertz CT molecular complexity index is 914. The molecule has 1 aliphatic heterocycles. The number of para-hydroxylation sites is 1. The molecule has 0 saturated heterocycles. The number of amides is 1. The predicted octanol–water partition coefficient (Wildman–Crippen LogP) is 4.28. The molecule has 0 radical (unpaired) electrons. The zero-order chi connectivity index (χ0) is 17.8. The summed E-state index contributed by atoms with van der Waals surface area (Å²) in [5.41, 5.74) is 2.65. The molecule has 1 aliphatic rings. The number of carbonyl (C=O) groups is 1. The summed E-state index contributed by atoms with van der Waals surface area (Å²) in [6.45, 7) is 1.21. The van der Waals surface area contributed by atoms with E-state index < -0.39 is 0 Å². The van der Waals surface area contributed by atoms with Crippen molar-refractivity contribution >= 4 is 12.0 Å². The number of ether oxygens (including phenoxy) is 1. The van der Waals surface area contributed by atoms with Crippen LogP contribution < -0.4 is 4.74 Å². The molecule has 130 valence electrons. The lowest BCUT2D eigenvalue weighted by atomic mass is 10.1. The minimum Gasteiger partial charge on any atom is -0.488 e. The highest BCUT2D eigenvalue weighted by molar-refractivity contribution is 5.99. The highest BCUT2D eigenvalue weighted by atomic mass is 16.5. The van der Waals surface area contributed by atoms with E-state index in [-0.39, 0.29) is 12.5 Å². The van der Waals surface area contributed by atoms with Crippen molar-refractivity contribution in [1.82, 2.24) is 4.90 Å². The third-order valence-electron chi connectivity index (χ3n) is 4.34. The van der Waals surface area contributed by atoms with Crippen LogP contribution in [0.15, 0.2) is 83.0 Å². The summed E-state index contributed by atoms with van der Waals surface area (Å²) in [5.74, 6) is 1.52. The molecule has 0 unspecified atom stereocenters. The van der Waals surface area contributed by atoms with Gasteiger partial charge in [-0.1, -0.05) is 48.5 Å². The molecular weight excluding hydrogens is 326 g/mol. The smallest absolute Gasteiger partial charge is 0.253 e. The van der Waals surface area contributed by atoms with Gasteiger partial charge in [-0.2, -0.15) is 0 Å². The van der Waals surface area contributed by atoms with Crippen molar-refractivity contribution in [1.29, 1.82) is 0 Å². The van der Waals surface area contributed by atoms with Crippen molar-refractivity contribution < 1.29 is 13.9 Å². The first-order chi connectivity index (χ1) is 12.8. The van der Waals surface area contributed by atoms with Gasteiger partial charge in [0.05, 0.1) is 18.4 Å². The fraction of sp³-hybridized carbons (Fsp3) is 0.136. The van der Waals surface area contributed by atoms with Gasteiger partial charge in [-0.15, -0.1) is 0 Å². The van der Waals surface area contributed by atoms with Crippen LogP contribution in [-0.2, 0) is 17.9 Å². The molecule has 4 heteroatoms. The molecule has 2 aromatic carbocycles. The Kier molecular flexibility index (Phi) is 4.56. The van der Waals surface area contributed by atoms with Gasteiger partial charge in [0, 0.05) is 12.1 Å². The van der Waals surface area contributed by atoms with Crippen LogP contribution in [0.5, 0.6) is 5.75 Å². The zero-order valence-corrected chi connectivity index (χ0v) is 14.3. The third-order valence-corrected chi connectivity index (χ3v) is 4.34. The second kappa shape index (κ2) is 7.31. The van der Waals surface area contributed by atoms with E-state index in [4.69, 9.17) is 9.15 Å². The number of fused-ring (bicyclic) bond motifs is 1. The summed E-state index contributed by atoms with van der Waals surface area (Å²) in [4.78, 5) is 15.0. The van der Waals surface area contributed by atoms with Gasteiger partial charge in [0.15, 0.2) is 0 Å². The minimum absolute atomic E-state index is 0.0419. The van der Waals surface area contributed by atoms with Crippen LogP contribution in [-0.4, -0.2) is 17.4 Å². The predicted molar refractivity (Wildman–Crippen MR) is 99.3 cm³/mol. The number of carbonyl (C=O) groups excluding carboxylic acids is 1. The van der Waals surface area contributed by atoms with Gasteiger partial charge in [0.2, 0.25) is 0 Å². The van der Waals surface area contributed by atoms with Gasteiger partial charge in [0.1, 0.15) is 18.1 Å². The lowest BCUT2D eigenvalue weighted by Crippen LogP contribution is -2.33. The van der Waals surface area contributed by atoms with Crippen LogP contribution >= 0.6 is 0 Å². The second-order valence-corrected chi connectivity index (χ2v) is 6.22. The molecule has 0 N–H and O–H groups in total. The topological polar surface area (TPSA) is 42.7 Å². The maximum absolute atomic E-state index is 13.2. The standard InChI is InChI=1S/C22H19NO3/c24-22(19-13-18-9-4-5-11-21(18)26-16-19)23(15-20-10-6-12-25-20)14-17-7-2-1-3-8-17/h1-13H,14-16H2. The molecular formula is C22H19NO3. The van der Waals surface area contributed by atoms with Crippen LogP contribution in [0.3, 0.4) is 0 Å². The van der Waals surface area contributed by atoms with E-state index in [1.807, 2.05) is 72.8 Å². The van der Waals surface area contributed by atoms with Crippen molar-refractivity contribution in [3.63, 3.8) is 0 Å². The zero-order valence-electron chi connectivity index (χ0n) is 14.3. The molecule has 0 aliphatic carbocycles. The molecule has 4 nitrogen and oxygen atoms in total. The van der Waals surface area contributed by atoms with Gasteiger partial charge >= 0.3 is 0 Å². The van der Waals surface area contributed by atoms with Crippen LogP contribution in [0.4, 0.5) is 0 Å². The summed E-state index contributed by atoms with van der Waals surface area (Å²) in [5, 5.41) is 0. The van der Waals surface area contributed by atoms with Gasteiger partial charge in [0.25, 0.3) is 5.91 Å². The maximum atomic E-state index is 13.2. The molecule has 0 spiro atoms. The van der Waals surface area contributed by atoms with Crippen LogP contribution in [0, 0.1) is 0 Å². The molecule has 2 heterocycles. The Hall–Kier alpha value is -3.27.